The van der Waals surface area contributed by atoms with Gasteiger partial charge in [0.1, 0.15) is 0 Å². The Morgan fingerprint density at radius 1 is 1.29 bits per heavy atom. The van der Waals surface area contributed by atoms with E-state index in [-0.39, 0.29) is 6.10 Å². The van der Waals surface area contributed by atoms with Crippen LogP contribution in [-0.4, -0.2) is 29.6 Å². The Morgan fingerprint density at radius 2 is 1.94 bits per heavy atom. The van der Waals surface area contributed by atoms with Crippen LogP contribution in [-0.2, 0) is 0 Å². The first-order chi connectivity index (χ1) is 8.06. The van der Waals surface area contributed by atoms with Gasteiger partial charge in [0.2, 0.25) is 0 Å². The summed E-state index contributed by atoms with van der Waals surface area (Å²) in [6, 6.07) is 8.58. The van der Waals surface area contributed by atoms with Gasteiger partial charge in [0, 0.05) is 12.6 Å². The average molecular weight is 235 g/mol. The maximum Gasteiger partial charge on any atom is 0.0919 e. The van der Waals surface area contributed by atoms with Crippen LogP contribution in [0.2, 0.25) is 0 Å². The highest BCUT2D eigenvalue weighted by atomic mass is 16.3. The van der Waals surface area contributed by atoms with Gasteiger partial charge in [0.25, 0.3) is 0 Å². The van der Waals surface area contributed by atoms with E-state index in [1.54, 1.807) is 0 Å². The molecule has 0 fully saturated rings. The quantitative estimate of drug-likeness (QED) is 0.818. The lowest BCUT2D eigenvalue weighted by molar-refractivity contribution is 0.105. The second-order valence-corrected chi connectivity index (χ2v) is 4.95. The number of hydrogen-bond donors (Lipinski definition) is 1. The van der Waals surface area contributed by atoms with E-state index in [9.17, 15) is 5.11 Å². The van der Waals surface area contributed by atoms with Crippen molar-refractivity contribution in [1.29, 1.82) is 0 Å². The van der Waals surface area contributed by atoms with Crippen molar-refractivity contribution in [3.63, 3.8) is 0 Å². The van der Waals surface area contributed by atoms with E-state index in [2.05, 4.69) is 25.8 Å². The molecule has 0 bridgehead atoms. The molecule has 0 aliphatic rings. The van der Waals surface area contributed by atoms with Gasteiger partial charge in [-0.3, -0.25) is 0 Å². The monoisotopic (exact) mass is 235 g/mol. The molecule has 0 aliphatic heterocycles. The fourth-order valence-corrected chi connectivity index (χ4v) is 2.15. The molecule has 2 nitrogen and oxygen atoms in total. The molecule has 2 heteroatoms. The molecule has 0 heterocycles. The first kappa shape index (κ1) is 14.2. The Morgan fingerprint density at radius 3 is 2.53 bits per heavy atom. The minimum Gasteiger partial charge on any atom is -0.387 e. The number of aliphatic hydroxyl groups is 1. The maximum absolute atomic E-state index is 10.2. The van der Waals surface area contributed by atoms with Crippen LogP contribution in [0.3, 0.4) is 0 Å². The van der Waals surface area contributed by atoms with Crippen LogP contribution < -0.4 is 0 Å². The Hall–Kier alpha value is -0.860. The molecule has 0 aliphatic carbocycles. The Labute approximate surface area is 105 Å². The lowest BCUT2D eigenvalue weighted by Gasteiger charge is -2.27. The molecule has 0 amide bonds. The van der Waals surface area contributed by atoms with Gasteiger partial charge >= 0.3 is 0 Å². The van der Waals surface area contributed by atoms with Crippen molar-refractivity contribution in [2.24, 2.45) is 0 Å². The predicted molar refractivity (Wildman–Crippen MR) is 73.1 cm³/mol. The Kier molecular flexibility index (Phi) is 5.66. The summed E-state index contributed by atoms with van der Waals surface area (Å²) in [7, 11) is 2.09. The van der Waals surface area contributed by atoms with Crippen LogP contribution in [0, 0.1) is 6.92 Å². The van der Waals surface area contributed by atoms with Gasteiger partial charge < -0.3 is 10.0 Å². The van der Waals surface area contributed by atoms with Crippen molar-refractivity contribution in [2.45, 2.75) is 45.8 Å². The first-order valence-electron chi connectivity index (χ1n) is 6.50. The Bertz CT molecular complexity index is 337. The summed E-state index contributed by atoms with van der Waals surface area (Å²) in [6.45, 7) is 7.16. The minimum absolute atomic E-state index is 0.388. The van der Waals surface area contributed by atoms with Crippen molar-refractivity contribution in [3.05, 3.63) is 35.4 Å². The Balaban J connectivity index is 2.60. The SMILES string of the molecule is CCCC(C)N(C)CC(O)c1ccccc1C. The third kappa shape index (κ3) is 4.14. The zero-order valence-electron chi connectivity index (χ0n) is 11.5. The van der Waals surface area contributed by atoms with Crippen LogP contribution in [0.15, 0.2) is 24.3 Å². The van der Waals surface area contributed by atoms with Crippen molar-refractivity contribution in [2.75, 3.05) is 13.6 Å². The molecule has 96 valence electrons. The van der Waals surface area contributed by atoms with E-state index in [4.69, 9.17) is 0 Å². The molecule has 1 N–H and O–H groups in total. The topological polar surface area (TPSA) is 23.5 Å². The molecule has 1 rings (SSSR count). The van der Waals surface area contributed by atoms with E-state index in [1.807, 2.05) is 31.2 Å². The van der Waals surface area contributed by atoms with Gasteiger partial charge in [0.15, 0.2) is 0 Å². The van der Waals surface area contributed by atoms with Crippen molar-refractivity contribution in [1.82, 2.24) is 4.90 Å². The molecule has 1 aromatic carbocycles. The highest BCUT2D eigenvalue weighted by molar-refractivity contribution is 5.27. The highest BCUT2D eigenvalue weighted by Crippen LogP contribution is 2.19. The van der Waals surface area contributed by atoms with Crippen LogP contribution in [0.5, 0.6) is 0 Å². The number of likely N-dealkylation sites (N-methyl/N-ethyl adjacent to an activating group) is 1. The lowest BCUT2D eigenvalue weighted by Crippen LogP contribution is -2.33. The van der Waals surface area contributed by atoms with Crippen LogP contribution in [0.4, 0.5) is 0 Å². The number of hydrogen-bond acceptors (Lipinski definition) is 2. The van der Waals surface area contributed by atoms with Gasteiger partial charge in [-0.1, -0.05) is 37.6 Å². The number of benzene rings is 1. The lowest BCUT2D eigenvalue weighted by atomic mass is 10.0. The van der Waals surface area contributed by atoms with Crippen molar-refractivity contribution in [3.8, 4) is 0 Å². The number of aryl methyl sites for hydroxylation is 1. The fourth-order valence-electron chi connectivity index (χ4n) is 2.15. The summed E-state index contributed by atoms with van der Waals surface area (Å²) >= 11 is 0. The molecule has 0 saturated heterocycles. The largest absolute Gasteiger partial charge is 0.387 e. The first-order valence-corrected chi connectivity index (χ1v) is 6.50. The zero-order chi connectivity index (χ0) is 12.8. The molecule has 17 heavy (non-hydrogen) atoms. The molecule has 0 spiro atoms. The summed E-state index contributed by atoms with van der Waals surface area (Å²) < 4.78 is 0. The number of nitrogens with zero attached hydrogens (tertiary/aromatic N) is 1. The summed E-state index contributed by atoms with van der Waals surface area (Å²) in [6.07, 6.45) is 1.98. The van der Waals surface area contributed by atoms with Gasteiger partial charge in [-0.2, -0.15) is 0 Å². The van der Waals surface area contributed by atoms with E-state index < -0.39 is 0 Å². The molecular weight excluding hydrogens is 210 g/mol. The number of aliphatic hydroxyl groups excluding tert-OH is 1. The standard InChI is InChI=1S/C15H25NO/c1-5-8-13(3)16(4)11-15(17)14-10-7-6-9-12(14)2/h6-7,9-10,13,15,17H,5,8,11H2,1-4H3. The molecule has 2 atom stereocenters. The second kappa shape index (κ2) is 6.77. The molecule has 0 radical (unpaired) electrons. The van der Waals surface area contributed by atoms with Gasteiger partial charge in [-0.25, -0.2) is 0 Å². The number of rotatable bonds is 6. The molecule has 1 aromatic rings. The van der Waals surface area contributed by atoms with E-state index in [0.29, 0.717) is 12.6 Å². The summed E-state index contributed by atoms with van der Waals surface area (Å²) in [4.78, 5) is 2.24. The normalized spacial score (nSPS) is 14.9. The summed E-state index contributed by atoms with van der Waals surface area (Å²) in [5.74, 6) is 0. The predicted octanol–water partition coefficient (Wildman–Crippen LogP) is 3.15. The average Bonchev–Trinajstić information content (AvgIpc) is 2.29. The van der Waals surface area contributed by atoms with Crippen LogP contribution >= 0.6 is 0 Å². The highest BCUT2D eigenvalue weighted by Gasteiger charge is 2.15. The van der Waals surface area contributed by atoms with Crippen molar-refractivity contribution >= 4 is 0 Å². The summed E-state index contributed by atoms with van der Waals surface area (Å²) in [5, 5.41) is 10.2. The third-order valence-electron chi connectivity index (χ3n) is 3.47. The van der Waals surface area contributed by atoms with Gasteiger partial charge in [-0.05, 0) is 38.4 Å². The second-order valence-electron chi connectivity index (χ2n) is 4.95. The molecule has 0 aromatic heterocycles. The fraction of sp³-hybridized carbons (Fsp3) is 0.600. The van der Waals surface area contributed by atoms with E-state index >= 15 is 0 Å². The van der Waals surface area contributed by atoms with E-state index in [0.717, 1.165) is 11.1 Å². The minimum atomic E-state index is -0.388. The molecule has 2 unspecified atom stereocenters. The summed E-state index contributed by atoms with van der Waals surface area (Å²) in [5.41, 5.74) is 2.21. The maximum atomic E-state index is 10.2. The smallest absolute Gasteiger partial charge is 0.0919 e. The van der Waals surface area contributed by atoms with E-state index in [1.165, 1.54) is 12.8 Å². The van der Waals surface area contributed by atoms with Gasteiger partial charge in [0.05, 0.1) is 6.10 Å². The third-order valence-corrected chi connectivity index (χ3v) is 3.47. The molecule has 0 saturated carbocycles. The van der Waals surface area contributed by atoms with Crippen LogP contribution in [0.1, 0.15) is 43.9 Å². The van der Waals surface area contributed by atoms with Crippen LogP contribution in [0.25, 0.3) is 0 Å². The van der Waals surface area contributed by atoms with Crippen molar-refractivity contribution < 1.29 is 5.11 Å². The molecular formula is C15H25NO. The zero-order valence-corrected chi connectivity index (χ0v) is 11.5. The van der Waals surface area contributed by atoms with Gasteiger partial charge in [-0.15, -0.1) is 0 Å².